The quantitative estimate of drug-likeness (QED) is 0.563. The van der Waals surface area contributed by atoms with Gasteiger partial charge in [0.2, 0.25) is 5.91 Å². The van der Waals surface area contributed by atoms with Gasteiger partial charge < -0.3 is 10.1 Å². The summed E-state index contributed by atoms with van der Waals surface area (Å²) in [6.07, 6.45) is 1.89. The molecule has 8 nitrogen and oxygen atoms in total. The van der Waals surface area contributed by atoms with Crippen LogP contribution in [0.3, 0.4) is 0 Å². The summed E-state index contributed by atoms with van der Waals surface area (Å²) in [4.78, 5) is 35.8. The highest BCUT2D eigenvalue weighted by atomic mass is 32.2. The van der Waals surface area contributed by atoms with Crippen LogP contribution >= 0.6 is 11.8 Å². The highest BCUT2D eigenvalue weighted by Crippen LogP contribution is 2.19. The molecule has 1 aromatic heterocycles. The first-order valence-corrected chi connectivity index (χ1v) is 9.32. The van der Waals surface area contributed by atoms with Gasteiger partial charge in [-0.05, 0) is 31.9 Å². The standard InChI is InChI=1S/C17H20N4O4S/c1-11(22)13-6-2-3-7-14(13)18-15(23)10-26-17-20-19-16(24)21(17)9-12-5-4-8-25-12/h2-3,6-7,12H,4-5,8-10H2,1H3,(H,18,23)(H,19,24)/t12-/m0/s1. The highest BCUT2D eigenvalue weighted by Gasteiger charge is 2.20. The minimum Gasteiger partial charge on any atom is -0.376 e. The third-order valence-corrected chi connectivity index (χ3v) is 5.02. The molecule has 1 saturated heterocycles. The van der Waals surface area contributed by atoms with Crippen LogP contribution in [0.25, 0.3) is 0 Å². The Labute approximate surface area is 154 Å². The zero-order valence-corrected chi connectivity index (χ0v) is 15.2. The lowest BCUT2D eigenvalue weighted by Crippen LogP contribution is -2.25. The molecule has 0 saturated carbocycles. The topological polar surface area (TPSA) is 106 Å². The van der Waals surface area contributed by atoms with Gasteiger partial charge in [0, 0.05) is 12.2 Å². The summed E-state index contributed by atoms with van der Waals surface area (Å²) in [5.41, 5.74) is 0.621. The van der Waals surface area contributed by atoms with Crippen LogP contribution in [0.15, 0.2) is 34.2 Å². The van der Waals surface area contributed by atoms with E-state index < -0.39 is 0 Å². The summed E-state index contributed by atoms with van der Waals surface area (Å²) in [6, 6.07) is 6.84. The zero-order chi connectivity index (χ0) is 18.5. The summed E-state index contributed by atoms with van der Waals surface area (Å²) in [5, 5.41) is 9.57. The highest BCUT2D eigenvalue weighted by molar-refractivity contribution is 7.99. The normalized spacial score (nSPS) is 16.6. The first-order valence-electron chi connectivity index (χ1n) is 8.34. The molecule has 2 aromatic rings. The van der Waals surface area contributed by atoms with E-state index >= 15 is 0 Å². The summed E-state index contributed by atoms with van der Waals surface area (Å²) >= 11 is 1.16. The minimum absolute atomic E-state index is 0.000852. The Morgan fingerprint density at radius 1 is 1.42 bits per heavy atom. The molecule has 0 radical (unpaired) electrons. The van der Waals surface area contributed by atoms with Gasteiger partial charge in [0.05, 0.1) is 24.1 Å². The number of ether oxygens (including phenoxy) is 1. The second kappa shape index (κ2) is 8.33. The second-order valence-electron chi connectivity index (χ2n) is 6.00. The fourth-order valence-electron chi connectivity index (χ4n) is 2.78. The van der Waals surface area contributed by atoms with Gasteiger partial charge in [-0.3, -0.25) is 14.2 Å². The lowest BCUT2D eigenvalue weighted by Gasteiger charge is -2.11. The number of aromatic amines is 1. The van der Waals surface area contributed by atoms with Crippen LogP contribution in [-0.2, 0) is 16.1 Å². The first-order chi connectivity index (χ1) is 12.5. The molecule has 2 heterocycles. The number of nitrogens with one attached hydrogen (secondary N) is 2. The number of H-pyrrole nitrogens is 1. The number of ketones is 1. The van der Waals surface area contributed by atoms with Crippen molar-refractivity contribution in [3.05, 3.63) is 40.3 Å². The molecule has 0 spiro atoms. The monoisotopic (exact) mass is 376 g/mol. The Balaban J connectivity index is 1.62. The van der Waals surface area contributed by atoms with E-state index in [-0.39, 0.29) is 29.2 Å². The number of thioether (sulfide) groups is 1. The first kappa shape index (κ1) is 18.4. The molecular formula is C17H20N4O4S. The lowest BCUT2D eigenvalue weighted by atomic mass is 10.1. The minimum atomic E-state index is -0.315. The van der Waals surface area contributed by atoms with Crippen molar-refractivity contribution >= 4 is 29.1 Å². The van der Waals surface area contributed by atoms with Gasteiger partial charge in [-0.25, -0.2) is 9.89 Å². The van der Waals surface area contributed by atoms with Crippen molar-refractivity contribution in [1.29, 1.82) is 0 Å². The molecule has 138 valence electrons. The van der Waals surface area contributed by atoms with Gasteiger partial charge in [0.1, 0.15) is 0 Å². The Hall–Kier alpha value is -2.39. The number of para-hydroxylation sites is 1. The number of carbonyl (C=O) groups excluding carboxylic acids is 2. The molecule has 1 fully saturated rings. The van der Waals surface area contributed by atoms with E-state index in [0.717, 1.165) is 24.6 Å². The van der Waals surface area contributed by atoms with Crippen LogP contribution in [-0.4, -0.2) is 44.9 Å². The van der Waals surface area contributed by atoms with Crippen molar-refractivity contribution < 1.29 is 14.3 Å². The lowest BCUT2D eigenvalue weighted by molar-refractivity contribution is -0.113. The average molecular weight is 376 g/mol. The van der Waals surface area contributed by atoms with Crippen LogP contribution in [0.5, 0.6) is 0 Å². The van der Waals surface area contributed by atoms with Crippen molar-refractivity contribution in [2.75, 3.05) is 17.7 Å². The number of rotatable bonds is 7. The maximum atomic E-state index is 12.2. The molecule has 3 rings (SSSR count). The van der Waals surface area contributed by atoms with E-state index in [0.29, 0.717) is 29.6 Å². The second-order valence-corrected chi connectivity index (χ2v) is 6.94. The van der Waals surface area contributed by atoms with Crippen LogP contribution in [0.2, 0.25) is 0 Å². The van der Waals surface area contributed by atoms with Gasteiger partial charge in [0.25, 0.3) is 0 Å². The number of amides is 1. The summed E-state index contributed by atoms with van der Waals surface area (Å²) in [5.74, 6) is -0.323. The molecule has 1 amide bonds. The molecular weight excluding hydrogens is 356 g/mol. The molecule has 1 atom stereocenters. The number of nitrogens with zero attached hydrogens (tertiary/aromatic N) is 2. The molecule has 1 aliphatic heterocycles. The maximum absolute atomic E-state index is 12.2. The van der Waals surface area contributed by atoms with Gasteiger partial charge >= 0.3 is 5.69 Å². The maximum Gasteiger partial charge on any atom is 0.344 e. The van der Waals surface area contributed by atoms with E-state index in [1.54, 1.807) is 24.3 Å². The fraction of sp³-hybridized carbons (Fsp3) is 0.412. The van der Waals surface area contributed by atoms with Gasteiger partial charge in [-0.1, -0.05) is 23.9 Å². The van der Waals surface area contributed by atoms with Crippen molar-refractivity contribution in [1.82, 2.24) is 14.8 Å². The Kier molecular flexibility index (Phi) is 5.89. The van der Waals surface area contributed by atoms with Crippen LogP contribution < -0.4 is 11.0 Å². The summed E-state index contributed by atoms with van der Waals surface area (Å²) in [6.45, 7) is 2.58. The van der Waals surface area contributed by atoms with Crippen molar-refractivity contribution in [2.45, 2.75) is 37.6 Å². The molecule has 26 heavy (non-hydrogen) atoms. The SMILES string of the molecule is CC(=O)c1ccccc1NC(=O)CSc1n[nH]c(=O)n1C[C@@H]1CCCO1. The number of hydrogen-bond donors (Lipinski definition) is 2. The van der Waals surface area contributed by atoms with Gasteiger partial charge in [-0.2, -0.15) is 0 Å². The smallest absolute Gasteiger partial charge is 0.344 e. The molecule has 0 unspecified atom stereocenters. The van der Waals surface area contributed by atoms with E-state index in [1.807, 2.05) is 0 Å². The molecule has 2 N–H and O–H groups in total. The van der Waals surface area contributed by atoms with Crippen LogP contribution in [0.1, 0.15) is 30.1 Å². The third-order valence-electron chi connectivity index (χ3n) is 4.05. The van der Waals surface area contributed by atoms with Crippen LogP contribution in [0.4, 0.5) is 5.69 Å². The van der Waals surface area contributed by atoms with Crippen molar-refractivity contribution in [3.63, 3.8) is 0 Å². The van der Waals surface area contributed by atoms with Gasteiger partial charge in [0.15, 0.2) is 10.9 Å². The van der Waals surface area contributed by atoms with Crippen molar-refractivity contribution in [3.8, 4) is 0 Å². The summed E-state index contributed by atoms with van der Waals surface area (Å²) < 4.78 is 7.05. The number of Topliss-reactive ketones (excluding diaryl/α,β-unsaturated/α-hetero) is 1. The number of aromatic nitrogens is 3. The summed E-state index contributed by atoms with van der Waals surface area (Å²) in [7, 11) is 0. The van der Waals surface area contributed by atoms with Crippen molar-refractivity contribution in [2.24, 2.45) is 0 Å². The van der Waals surface area contributed by atoms with Gasteiger partial charge in [-0.15, -0.1) is 5.10 Å². The predicted molar refractivity (Wildman–Crippen MR) is 97.6 cm³/mol. The molecule has 0 bridgehead atoms. The predicted octanol–water partition coefficient (Wildman–Crippen LogP) is 1.68. The number of hydrogen-bond acceptors (Lipinski definition) is 6. The number of benzene rings is 1. The number of anilines is 1. The van der Waals surface area contributed by atoms with E-state index in [2.05, 4.69) is 15.5 Å². The molecule has 1 aromatic carbocycles. The third kappa shape index (κ3) is 4.41. The zero-order valence-electron chi connectivity index (χ0n) is 14.4. The van der Waals surface area contributed by atoms with E-state index in [1.165, 1.54) is 11.5 Å². The number of carbonyl (C=O) groups is 2. The fourth-order valence-corrected chi connectivity index (χ4v) is 3.54. The van der Waals surface area contributed by atoms with E-state index in [9.17, 15) is 14.4 Å². The Morgan fingerprint density at radius 2 is 2.23 bits per heavy atom. The molecule has 1 aliphatic rings. The van der Waals surface area contributed by atoms with Crippen LogP contribution in [0, 0.1) is 0 Å². The van der Waals surface area contributed by atoms with E-state index in [4.69, 9.17) is 4.74 Å². The Bertz CT molecular complexity index is 854. The molecule has 0 aliphatic carbocycles. The average Bonchev–Trinajstić information content (AvgIpc) is 3.25. The Morgan fingerprint density at radius 3 is 2.96 bits per heavy atom. The molecule has 9 heteroatoms. The largest absolute Gasteiger partial charge is 0.376 e.